The highest BCUT2D eigenvalue weighted by Crippen LogP contribution is 2.23. The van der Waals surface area contributed by atoms with E-state index in [0.29, 0.717) is 6.42 Å². The molecule has 0 bridgehead atoms. The van der Waals surface area contributed by atoms with Crippen LogP contribution in [0.1, 0.15) is 18.9 Å². The van der Waals surface area contributed by atoms with Gasteiger partial charge in [0.15, 0.2) is 17.4 Å². The second-order valence-corrected chi connectivity index (χ2v) is 3.07. The van der Waals surface area contributed by atoms with Crippen molar-refractivity contribution in [2.75, 3.05) is 6.61 Å². The highest BCUT2D eigenvalue weighted by molar-refractivity contribution is 5.31. The van der Waals surface area contributed by atoms with E-state index in [1.54, 1.807) is 6.92 Å². The number of hydrogen-bond donors (Lipinski definition) is 1. The summed E-state index contributed by atoms with van der Waals surface area (Å²) in [5.41, 5.74) is 0.177. The zero-order valence-electron chi connectivity index (χ0n) is 8.89. The molecule has 0 fully saturated rings. The van der Waals surface area contributed by atoms with E-state index in [9.17, 15) is 8.78 Å². The number of aliphatic hydroxyl groups is 1. The van der Waals surface area contributed by atoms with Gasteiger partial charge in [-0.2, -0.15) is 0 Å². The van der Waals surface area contributed by atoms with Crippen LogP contribution < -0.4 is 4.74 Å². The monoisotopic (exact) mass is 226 g/mol. The second-order valence-electron chi connectivity index (χ2n) is 3.07. The minimum absolute atomic E-state index is 0.132. The van der Waals surface area contributed by atoms with Gasteiger partial charge in [-0.15, -0.1) is 11.8 Å². The first kappa shape index (κ1) is 12.5. The maximum absolute atomic E-state index is 13.3. The van der Waals surface area contributed by atoms with Gasteiger partial charge in [-0.1, -0.05) is 0 Å². The van der Waals surface area contributed by atoms with Gasteiger partial charge in [0.2, 0.25) is 0 Å². The lowest BCUT2D eigenvalue weighted by Crippen LogP contribution is -2.02. The van der Waals surface area contributed by atoms with Crippen LogP contribution >= 0.6 is 0 Å². The van der Waals surface area contributed by atoms with Gasteiger partial charge in [-0.25, -0.2) is 8.78 Å². The molecule has 0 aromatic heterocycles. The van der Waals surface area contributed by atoms with Gasteiger partial charge in [0.1, 0.15) is 0 Å². The molecule has 1 N–H and O–H groups in total. The van der Waals surface area contributed by atoms with E-state index in [1.165, 1.54) is 0 Å². The van der Waals surface area contributed by atoms with Gasteiger partial charge in [0, 0.05) is 6.42 Å². The van der Waals surface area contributed by atoms with Crippen LogP contribution in [0.4, 0.5) is 8.78 Å². The summed E-state index contributed by atoms with van der Waals surface area (Å²) in [6.45, 7) is 1.40. The minimum atomic E-state index is -0.812. The third-order valence-electron chi connectivity index (χ3n) is 1.89. The van der Waals surface area contributed by atoms with Crippen LogP contribution in [-0.2, 0) is 6.61 Å². The number of benzene rings is 1. The molecule has 0 amide bonds. The Morgan fingerprint density at radius 3 is 2.44 bits per heavy atom. The Kier molecular flexibility index (Phi) is 4.74. The Labute approximate surface area is 92.9 Å². The Hall–Kier alpha value is -1.60. The predicted molar refractivity (Wildman–Crippen MR) is 55.8 cm³/mol. The smallest absolute Gasteiger partial charge is 0.190 e. The van der Waals surface area contributed by atoms with E-state index in [2.05, 4.69) is 11.8 Å². The van der Waals surface area contributed by atoms with Crippen LogP contribution in [0.3, 0.4) is 0 Å². The Morgan fingerprint density at radius 1 is 1.31 bits per heavy atom. The van der Waals surface area contributed by atoms with Gasteiger partial charge in [-0.05, 0) is 24.6 Å². The van der Waals surface area contributed by atoms with Crippen LogP contribution in [0.5, 0.6) is 5.75 Å². The Balaban J connectivity index is 2.75. The van der Waals surface area contributed by atoms with Crippen LogP contribution in [0.15, 0.2) is 12.1 Å². The van der Waals surface area contributed by atoms with E-state index in [1.807, 2.05) is 0 Å². The molecule has 0 saturated carbocycles. The third kappa shape index (κ3) is 3.21. The number of ether oxygens (including phenoxy) is 1. The van der Waals surface area contributed by atoms with E-state index < -0.39 is 24.0 Å². The molecule has 16 heavy (non-hydrogen) atoms. The Morgan fingerprint density at radius 2 is 1.94 bits per heavy atom. The van der Waals surface area contributed by atoms with Crippen molar-refractivity contribution in [2.45, 2.75) is 20.0 Å². The summed E-state index contributed by atoms with van der Waals surface area (Å²) >= 11 is 0. The summed E-state index contributed by atoms with van der Waals surface area (Å²) in [6.07, 6.45) is 0.414. The van der Waals surface area contributed by atoms with Crippen molar-refractivity contribution >= 4 is 0 Å². The fourth-order valence-electron chi connectivity index (χ4n) is 1.17. The largest absolute Gasteiger partial charge is 0.487 e. The summed E-state index contributed by atoms with van der Waals surface area (Å²) in [7, 11) is 0. The lowest BCUT2D eigenvalue weighted by atomic mass is 10.2. The Bertz CT molecular complexity index is 396. The summed E-state index contributed by atoms with van der Waals surface area (Å²) in [5, 5.41) is 8.73. The van der Waals surface area contributed by atoms with Crippen molar-refractivity contribution in [3.05, 3.63) is 29.3 Å². The lowest BCUT2D eigenvalue weighted by molar-refractivity contribution is 0.274. The molecule has 0 atom stereocenters. The molecule has 0 heterocycles. The number of hydrogen-bond acceptors (Lipinski definition) is 2. The average molecular weight is 226 g/mol. The van der Waals surface area contributed by atoms with E-state index >= 15 is 0 Å². The molecule has 4 heteroatoms. The molecule has 0 unspecified atom stereocenters. The number of halogens is 2. The second kappa shape index (κ2) is 6.09. The van der Waals surface area contributed by atoms with Gasteiger partial charge >= 0.3 is 0 Å². The topological polar surface area (TPSA) is 29.5 Å². The fourth-order valence-corrected chi connectivity index (χ4v) is 1.17. The normalized spacial score (nSPS) is 9.50. The lowest BCUT2D eigenvalue weighted by Gasteiger charge is -2.07. The highest BCUT2D eigenvalue weighted by atomic mass is 19.1. The van der Waals surface area contributed by atoms with E-state index in [4.69, 9.17) is 9.84 Å². The van der Waals surface area contributed by atoms with Gasteiger partial charge in [0.05, 0.1) is 13.2 Å². The number of aliphatic hydroxyl groups excluding tert-OH is 1. The van der Waals surface area contributed by atoms with Crippen molar-refractivity contribution in [3.8, 4) is 17.6 Å². The van der Waals surface area contributed by atoms with Crippen LogP contribution in [0.2, 0.25) is 0 Å². The van der Waals surface area contributed by atoms with Crippen molar-refractivity contribution in [2.24, 2.45) is 0 Å². The molecule has 1 aromatic rings. The summed E-state index contributed by atoms with van der Waals surface area (Å²) in [6, 6.07) is 2.09. The molecule has 0 aliphatic carbocycles. The predicted octanol–water partition coefficient (Wildman–Crippen LogP) is 2.25. The molecular weight excluding hydrogens is 214 g/mol. The minimum Gasteiger partial charge on any atom is -0.487 e. The first-order valence-electron chi connectivity index (χ1n) is 4.80. The van der Waals surface area contributed by atoms with Gasteiger partial charge < -0.3 is 9.84 Å². The summed E-state index contributed by atoms with van der Waals surface area (Å²) in [5.74, 6) is 3.33. The first-order valence-corrected chi connectivity index (χ1v) is 4.80. The molecule has 1 aromatic carbocycles. The quantitative estimate of drug-likeness (QED) is 0.630. The molecule has 2 nitrogen and oxygen atoms in total. The molecule has 0 aliphatic heterocycles. The van der Waals surface area contributed by atoms with Crippen LogP contribution in [-0.4, -0.2) is 11.7 Å². The molecular formula is C12H12F2O2. The zero-order chi connectivity index (χ0) is 12.0. The average Bonchev–Trinajstić information content (AvgIpc) is 2.26. The number of rotatable bonds is 4. The van der Waals surface area contributed by atoms with E-state index in [-0.39, 0.29) is 12.2 Å². The van der Waals surface area contributed by atoms with Crippen LogP contribution in [0.25, 0.3) is 0 Å². The van der Waals surface area contributed by atoms with Crippen LogP contribution in [0, 0.1) is 23.5 Å². The molecule has 0 saturated heterocycles. The first-order chi connectivity index (χ1) is 7.69. The van der Waals surface area contributed by atoms with Crippen molar-refractivity contribution in [3.63, 3.8) is 0 Å². The zero-order valence-corrected chi connectivity index (χ0v) is 8.89. The molecule has 0 radical (unpaired) electrons. The molecule has 0 spiro atoms. The van der Waals surface area contributed by atoms with Crippen molar-refractivity contribution in [1.29, 1.82) is 0 Å². The molecule has 1 rings (SSSR count). The highest BCUT2D eigenvalue weighted by Gasteiger charge is 2.11. The summed E-state index contributed by atoms with van der Waals surface area (Å²) < 4.78 is 31.5. The van der Waals surface area contributed by atoms with Crippen molar-refractivity contribution in [1.82, 2.24) is 0 Å². The van der Waals surface area contributed by atoms with E-state index in [0.717, 1.165) is 12.1 Å². The summed E-state index contributed by atoms with van der Waals surface area (Å²) in [4.78, 5) is 0. The SMILES string of the molecule is CC#CCCOc1c(F)cc(CO)cc1F. The van der Waals surface area contributed by atoms with Crippen molar-refractivity contribution < 1.29 is 18.6 Å². The third-order valence-corrected chi connectivity index (χ3v) is 1.89. The standard InChI is InChI=1S/C12H12F2O2/c1-2-3-4-5-16-12-10(13)6-9(8-15)7-11(12)14/h6-7,15H,4-5,8H2,1H3. The van der Waals surface area contributed by atoms with Gasteiger partial charge in [-0.3, -0.25) is 0 Å². The maximum Gasteiger partial charge on any atom is 0.190 e. The fraction of sp³-hybridized carbons (Fsp3) is 0.333. The molecule has 86 valence electrons. The maximum atomic E-state index is 13.3. The van der Waals surface area contributed by atoms with Gasteiger partial charge in [0.25, 0.3) is 0 Å². The molecule has 0 aliphatic rings.